The van der Waals surface area contributed by atoms with Crippen molar-refractivity contribution in [2.45, 2.75) is 77.5 Å². The second kappa shape index (κ2) is 11.9. The highest BCUT2D eigenvalue weighted by atomic mass is 35.5. The maximum absolute atomic E-state index is 13.4. The summed E-state index contributed by atoms with van der Waals surface area (Å²) in [5.74, 6) is 1.02. The Morgan fingerprint density at radius 3 is 2.54 bits per heavy atom. The topological polar surface area (TPSA) is 77.3 Å². The quantitative estimate of drug-likeness (QED) is 0.294. The van der Waals surface area contributed by atoms with Crippen LogP contribution in [0.2, 0.25) is 10.0 Å². The van der Waals surface area contributed by atoms with Crippen LogP contribution in [0.1, 0.15) is 52.0 Å². The van der Waals surface area contributed by atoms with Crippen LogP contribution in [-0.4, -0.2) is 51.6 Å². The minimum Gasteiger partial charge on any atom is -0.340 e. The van der Waals surface area contributed by atoms with Crippen LogP contribution in [0.15, 0.2) is 47.5 Å². The molecule has 3 aromatic rings. The second-order valence-electron chi connectivity index (χ2n) is 11.3. The van der Waals surface area contributed by atoms with Crippen LogP contribution >= 0.6 is 23.2 Å². The Kier molecular flexibility index (Phi) is 8.50. The molecule has 1 saturated carbocycles. The number of fused-ring (bicyclic) bond motifs is 1. The van der Waals surface area contributed by atoms with E-state index in [4.69, 9.17) is 23.2 Å². The molecule has 5 rings (SSSR count). The van der Waals surface area contributed by atoms with E-state index in [1.54, 1.807) is 17.0 Å². The lowest BCUT2D eigenvalue weighted by Crippen LogP contribution is -2.61. The SMILES string of the molecule is CC1CCCCC1N(C(=N)N1C[C@@H](C)N[C@@H](C)C1)c1ccc2c(=O)n(CCc3ccc(Cl)cc3Cl)cnc2c1. The van der Waals surface area contributed by atoms with Gasteiger partial charge < -0.3 is 15.1 Å². The third-order valence-corrected chi connectivity index (χ3v) is 8.79. The van der Waals surface area contributed by atoms with Crippen molar-refractivity contribution in [2.75, 3.05) is 18.0 Å². The largest absolute Gasteiger partial charge is 0.340 e. The average Bonchev–Trinajstić information content (AvgIpc) is 2.90. The number of halogens is 2. The van der Waals surface area contributed by atoms with Gasteiger partial charge in [0.15, 0.2) is 5.96 Å². The molecule has 2 unspecified atom stereocenters. The van der Waals surface area contributed by atoms with Gasteiger partial charge in [0.05, 0.1) is 17.2 Å². The van der Waals surface area contributed by atoms with Gasteiger partial charge in [-0.2, -0.15) is 0 Å². The van der Waals surface area contributed by atoms with Gasteiger partial charge in [0, 0.05) is 53.5 Å². The summed E-state index contributed by atoms with van der Waals surface area (Å²) >= 11 is 12.4. The summed E-state index contributed by atoms with van der Waals surface area (Å²) < 4.78 is 1.64. The zero-order valence-corrected chi connectivity index (χ0v) is 24.5. The zero-order chi connectivity index (χ0) is 27.7. The van der Waals surface area contributed by atoms with Gasteiger partial charge in [-0.05, 0) is 74.9 Å². The molecule has 2 heterocycles. The van der Waals surface area contributed by atoms with E-state index in [0.29, 0.717) is 57.9 Å². The molecule has 1 aromatic heterocycles. The lowest BCUT2D eigenvalue weighted by atomic mass is 9.84. The molecule has 2 aromatic carbocycles. The Hall–Kier alpha value is -2.61. The van der Waals surface area contributed by atoms with E-state index in [1.165, 1.54) is 12.8 Å². The summed E-state index contributed by atoms with van der Waals surface area (Å²) in [6.07, 6.45) is 6.85. The lowest BCUT2D eigenvalue weighted by molar-refractivity contribution is 0.244. The van der Waals surface area contributed by atoms with Crippen molar-refractivity contribution < 1.29 is 0 Å². The number of benzene rings is 2. The van der Waals surface area contributed by atoms with E-state index >= 15 is 0 Å². The van der Waals surface area contributed by atoms with Gasteiger partial charge in [-0.1, -0.05) is 49.0 Å². The number of hydrogen-bond donors (Lipinski definition) is 2. The average molecular weight is 570 g/mol. The minimum absolute atomic E-state index is 0.0750. The molecule has 4 atom stereocenters. The van der Waals surface area contributed by atoms with Gasteiger partial charge in [-0.15, -0.1) is 0 Å². The number of piperazine rings is 1. The van der Waals surface area contributed by atoms with Crippen molar-refractivity contribution in [3.8, 4) is 0 Å². The Morgan fingerprint density at radius 2 is 1.82 bits per heavy atom. The highest BCUT2D eigenvalue weighted by molar-refractivity contribution is 6.35. The smallest absolute Gasteiger partial charge is 0.261 e. The standard InChI is InChI=1S/C30H38Cl2N6O/c1-19-6-4-5-7-28(19)38(30(33)37-16-20(2)35-21(3)17-37)24-10-11-25-27(15-24)34-18-36(29(25)39)13-12-22-8-9-23(31)14-26(22)32/h8-11,14-15,18-21,28,33,35H,4-7,12-13,16-17H2,1-3H3/t19?,20-,21+,28?. The second-order valence-corrected chi connectivity index (χ2v) is 12.2. The molecule has 9 heteroatoms. The molecular formula is C30H38Cl2N6O. The van der Waals surface area contributed by atoms with Gasteiger partial charge in [-0.25, -0.2) is 4.98 Å². The zero-order valence-electron chi connectivity index (χ0n) is 23.0. The number of aryl methyl sites for hydroxylation is 2. The van der Waals surface area contributed by atoms with Crippen molar-refractivity contribution in [1.82, 2.24) is 19.8 Å². The molecule has 39 heavy (non-hydrogen) atoms. The van der Waals surface area contributed by atoms with Crippen LogP contribution in [0.4, 0.5) is 5.69 Å². The first-order chi connectivity index (χ1) is 18.7. The first-order valence-corrected chi connectivity index (χ1v) is 14.8. The minimum atomic E-state index is -0.0750. The number of guanidine groups is 1. The van der Waals surface area contributed by atoms with E-state index < -0.39 is 0 Å². The molecule has 0 radical (unpaired) electrons. The van der Waals surface area contributed by atoms with Crippen LogP contribution in [-0.2, 0) is 13.0 Å². The number of rotatable bonds is 5. The maximum atomic E-state index is 13.4. The van der Waals surface area contributed by atoms with Crippen molar-refractivity contribution in [1.29, 1.82) is 5.41 Å². The molecular weight excluding hydrogens is 531 g/mol. The van der Waals surface area contributed by atoms with Crippen LogP contribution in [0, 0.1) is 11.3 Å². The van der Waals surface area contributed by atoms with E-state index in [2.05, 4.69) is 40.9 Å². The Bertz CT molecular complexity index is 1400. The molecule has 1 saturated heterocycles. The molecule has 2 aliphatic rings. The summed E-state index contributed by atoms with van der Waals surface area (Å²) in [4.78, 5) is 22.5. The highest BCUT2D eigenvalue weighted by Crippen LogP contribution is 2.33. The number of hydrogen-bond acceptors (Lipinski definition) is 4. The van der Waals surface area contributed by atoms with Crippen molar-refractivity contribution in [2.24, 2.45) is 5.92 Å². The van der Waals surface area contributed by atoms with Crippen molar-refractivity contribution in [3.05, 3.63) is 68.7 Å². The number of nitrogens with zero attached hydrogens (tertiary/aromatic N) is 4. The predicted octanol–water partition coefficient (Wildman–Crippen LogP) is 5.95. The van der Waals surface area contributed by atoms with E-state index in [0.717, 1.165) is 37.2 Å². The van der Waals surface area contributed by atoms with Gasteiger partial charge in [0.25, 0.3) is 5.56 Å². The van der Waals surface area contributed by atoms with Crippen LogP contribution in [0.3, 0.4) is 0 Å². The number of aromatic nitrogens is 2. The molecule has 0 spiro atoms. The lowest BCUT2D eigenvalue weighted by Gasteiger charge is -2.45. The van der Waals surface area contributed by atoms with Crippen LogP contribution in [0.25, 0.3) is 10.9 Å². The molecule has 0 amide bonds. The molecule has 7 nitrogen and oxygen atoms in total. The van der Waals surface area contributed by atoms with Gasteiger partial charge in [0.2, 0.25) is 0 Å². The summed E-state index contributed by atoms with van der Waals surface area (Å²) in [7, 11) is 0. The first kappa shape index (κ1) is 27.9. The van der Waals surface area contributed by atoms with E-state index in [-0.39, 0.29) is 11.6 Å². The van der Waals surface area contributed by atoms with Crippen molar-refractivity contribution >= 4 is 45.8 Å². The molecule has 2 N–H and O–H groups in total. The van der Waals surface area contributed by atoms with E-state index in [1.807, 2.05) is 30.3 Å². The monoisotopic (exact) mass is 568 g/mol. The summed E-state index contributed by atoms with van der Waals surface area (Å²) in [5, 5.41) is 14.7. The van der Waals surface area contributed by atoms with Crippen LogP contribution in [0.5, 0.6) is 0 Å². The van der Waals surface area contributed by atoms with Gasteiger partial charge in [0.1, 0.15) is 0 Å². The highest BCUT2D eigenvalue weighted by Gasteiger charge is 2.34. The predicted molar refractivity (Wildman–Crippen MR) is 161 cm³/mol. The Morgan fingerprint density at radius 1 is 1.08 bits per heavy atom. The summed E-state index contributed by atoms with van der Waals surface area (Å²) in [6.45, 7) is 8.73. The Balaban J connectivity index is 1.45. The number of anilines is 1. The summed E-state index contributed by atoms with van der Waals surface area (Å²) in [6, 6.07) is 12.2. The van der Waals surface area contributed by atoms with Gasteiger partial charge >= 0.3 is 0 Å². The molecule has 1 aliphatic heterocycles. The van der Waals surface area contributed by atoms with Crippen molar-refractivity contribution in [3.63, 3.8) is 0 Å². The third kappa shape index (κ3) is 6.11. The summed E-state index contributed by atoms with van der Waals surface area (Å²) in [5.41, 5.74) is 2.45. The third-order valence-electron chi connectivity index (χ3n) is 8.21. The molecule has 1 aliphatic carbocycles. The molecule has 208 valence electrons. The van der Waals surface area contributed by atoms with E-state index in [9.17, 15) is 10.2 Å². The fourth-order valence-electron chi connectivity index (χ4n) is 6.22. The fraction of sp³-hybridized carbons (Fsp3) is 0.500. The normalized spacial score (nSPS) is 23.7. The maximum Gasteiger partial charge on any atom is 0.261 e. The number of nitrogens with one attached hydrogen (secondary N) is 2. The fourth-order valence-corrected chi connectivity index (χ4v) is 6.73. The van der Waals surface area contributed by atoms with Gasteiger partial charge in [-0.3, -0.25) is 14.8 Å². The van der Waals surface area contributed by atoms with Crippen LogP contribution < -0.4 is 15.8 Å². The molecule has 0 bridgehead atoms. The Labute approximate surface area is 240 Å². The first-order valence-electron chi connectivity index (χ1n) is 14.0. The molecule has 2 fully saturated rings.